The van der Waals surface area contributed by atoms with Gasteiger partial charge in [-0.25, -0.2) is 9.97 Å². The van der Waals surface area contributed by atoms with Crippen LogP contribution in [-0.2, 0) is 0 Å². The number of para-hydroxylation sites is 1. The number of benzene rings is 8. The van der Waals surface area contributed by atoms with Gasteiger partial charge in [-0.3, -0.25) is 0 Å². The van der Waals surface area contributed by atoms with Crippen molar-refractivity contribution >= 4 is 65.0 Å². The first kappa shape index (κ1) is 26.0. The lowest BCUT2D eigenvalue weighted by atomic mass is 9.99. The van der Waals surface area contributed by atoms with E-state index >= 15 is 0 Å². The molecule has 0 bridgehead atoms. The third-order valence-corrected chi connectivity index (χ3v) is 9.56. The summed E-state index contributed by atoms with van der Waals surface area (Å²) in [5.74, 6) is 0.713. The highest BCUT2D eigenvalue weighted by Crippen LogP contribution is 2.41. The largest absolute Gasteiger partial charge is 0.309 e. The number of rotatable bonds is 3. The molecule has 0 atom stereocenters. The minimum absolute atomic E-state index is 0.713. The van der Waals surface area contributed by atoms with E-state index in [0.29, 0.717) is 5.82 Å². The zero-order chi connectivity index (χ0) is 30.9. The van der Waals surface area contributed by atoms with Gasteiger partial charge in [0.05, 0.1) is 22.2 Å². The number of aromatic nitrogens is 3. The van der Waals surface area contributed by atoms with Crippen LogP contribution in [0.3, 0.4) is 0 Å². The van der Waals surface area contributed by atoms with Gasteiger partial charge < -0.3 is 4.57 Å². The standard InChI is InChI=1S/C44H27N3/c1-4-17-33-28(11-1)14-10-21-36(33)43-37-20-7-8-22-38(37)45-44(46-43)31-15-9-16-32(27-31)47-39-25-23-29-12-2-5-18-34(29)41(39)42-35-19-6-3-13-30(35)24-26-40(42)47/h1-27H. The van der Waals surface area contributed by atoms with Crippen molar-refractivity contribution in [1.29, 1.82) is 0 Å². The quantitative estimate of drug-likeness (QED) is 0.203. The Bertz CT molecular complexity index is 2760. The molecule has 3 heteroatoms. The Hall–Kier alpha value is -6.32. The Morgan fingerprint density at radius 1 is 0.404 bits per heavy atom. The van der Waals surface area contributed by atoms with E-state index in [9.17, 15) is 0 Å². The smallest absolute Gasteiger partial charge is 0.160 e. The maximum absolute atomic E-state index is 5.30. The number of nitrogens with zero attached hydrogens (tertiary/aromatic N) is 3. The van der Waals surface area contributed by atoms with Crippen molar-refractivity contribution in [3.8, 4) is 28.3 Å². The normalized spacial score (nSPS) is 11.8. The Labute approximate surface area is 271 Å². The minimum Gasteiger partial charge on any atom is -0.309 e. The molecule has 2 aromatic heterocycles. The summed E-state index contributed by atoms with van der Waals surface area (Å²) in [7, 11) is 0. The lowest BCUT2D eigenvalue weighted by Crippen LogP contribution is -1.98. The van der Waals surface area contributed by atoms with Gasteiger partial charge in [0.25, 0.3) is 0 Å². The molecule has 0 spiro atoms. The van der Waals surface area contributed by atoms with E-state index in [4.69, 9.17) is 9.97 Å². The zero-order valence-electron chi connectivity index (χ0n) is 25.4. The molecule has 2 heterocycles. The second-order valence-corrected chi connectivity index (χ2v) is 12.2. The molecule has 0 aliphatic rings. The molecule has 10 rings (SSSR count). The van der Waals surface area contributed by atoms with E-state index in [1.165, 1.54) is 54.1 Å². The highest BCUT2D eigenvalue weighted by molar-refractivity contribution is 6.28. The summed E-state index contributed by atoms with van der Waals surface area (Å²) < 4.78 is 2.40. The molecule has 0 fully saturated rings. The molecule has 0 radical (unpaired) electrons. The van der Waals surface area contributed by atoms with Crippen LogP contribution in [0.1, 0.15) is 0 Å². The first-order valence-corrected chi connectivity index (χ1v) is 16.0. The van der Waals surface area contributed by atoms with Crippen molar-refractivity contribution in [2.24, 2.45) is 0 Å². The Morgan fingerprint density at radius 3 is 1.66 bits per heavy atom. The van der Waals surface area contributed by atoms with Gasteiger partial charge in [-0.2, -0.15) is 0 Å². The van der Waals surface area contributed by atoms with Gasteiger partial charge in [-0.15, -0.1) is 0 Å². The van der Waals surface area contributed by atoms with E-state index < -0.39 is 0 Å². The summed E-state index contributed by atoms with van der Waals surface area (Å²) in [6.07, 6.45) is 0. The van der Waals surface area contributed by atoms with Crippen molar-refractivity contribution in [2.45, 2.75) is 0 Å². The summed E-state index contributed by atoms with van der Waals surface area (Å²) in [5, 5.41) is 11.0. The van der Waals surface area contributed by atoms with Crippen LogP contribution in [0.15, 0.2) is 164 Å². The number of hydrogen-bond acceptors (Lipinski definition) is 2. The van der Waals surface area contributed by atoms with Gasteiger partial charge >= 0.3 is 0 Å². The van der Waals surface area contributed by atoms with Crippen molar-refractivity contribution in [1.82, 2.24) is 14.5 Å². The average Bonchev–Trinajstić information content (AvgIpc) is 3.50. The van der Waals surface area contributed by atoms with E-state index in [1.807, 2.05) is 0 Å². The first-order chi connectivity index (χ1) is 23.3. The third kappa shape index (κ3) is 3.93. The Morgan fingerprint density at radius 2 is 0.957 bits per heavy atom. The molecular weight excluding hydrogens is 571 g/mol. The summed E-state index contributed by atoms with van der Waals surface area (Å²) in [6, 6.07) is 58.4. The zero-order valence-corrected chi connectivity index (χ0v) is 25.4. The molecule has 0 amide bonds. The third-order valence-electron chi connectivity index (χ3n) is 9.56. The van der Waals surface area contributed by atoms with Crippen molar-refractivity contribution in [2.75, 3.05) is 0 Å². The molecule has 0 saturated carbocycles. The molecule has 8 aromatic carbocycles. The second kappa shape index (κ2) is 10.1. The lowest BCUT2D eigenvalue weighted by Gasteiger charge is -2.13. The van der Waals surface area contributed by atoms with Gasteiger partial charge in [0, 0.05) is 33.0 Å². The molecule has 0 unspecified atom stereocenters. The highest BCUT2D eigenvalue weighted by atomic mass is 15.0. The lowest BCUT2D eigenvalue weighted by molar-refractivity contribution is 1.17. The highest BCUT2D eigenvalue weighted by Gasteiger charge is 2.19. The van der Waals surface area contributed by atoms with E-state index in [0.717, 1.165) is 33.4 Å². The molecular formula is C44H27N3. The molecule has 10 aromatic rings. The van der Waals surface area contributed by atoms with Crippen LogP contribution in [0, 0.1) is 0 Å². The monoisotopic (exact) mass is 597 g/mol. The van der Waals surface area contributed by atoms with Gasteiger partial charge in [-0.1, -0.05) is 133 Å². The van der Waals surface area contributed by atoms with Crippen LogP contribution in [0.4, 0.5) is 0 Å². The van der Waals surface area contributed by atoms with Crippen LogP contribution >= 0.6 is 0 Å². The molecule has 0 saturated heterocycles. The van der Waals surface area contributed by atoms with Gasteiger partial charge in [0.1, 0.15) is 0 Å². The Kier molecular flexibility index (Phi) is 5.57. The van der Waals surface area contributed by atoms with Crippen LogP contribution in [0.5, 0.6) is 0 Å². The van der Waals surface area contributed by atoms with Crippen molar-refractivity contribution < 1.29 is 0 Å². The maximum Gasteiger partial charge on any atom is 0.160 e. The average molecular weight is 598 g/mol. The van der Waals surface area contributed by atoms with Gasteiger partial charge in [-0.05, 0) is 62.6 Å². The minimum atomic E-state index is 0.713. The van der Waals surface area contributed by atoms with Crippen molar-refractivity contribution in [3.05, 3.63) is 164 Å². The summed E-state index contributed by atoms with van der Waals surface area (Å²) in [4.78, 5) is 10.4. The fourth-order valence-corrected chi connectivity index (χ4v) is 7.45. The van der Waals surface area contributed by atoms with E-state index in [1.54, 1.807) is 0 Å². The first-order valence-electron chi connectivity index (χ1n) is 16.0. The van der Waals surface area contributed by atoms with Crippen LogP contribution in [0.2, 0.25) is 0 Å². The number of fused-ring (bicyclic) bond motifs is 9. The predicted octanol–water partition coefficient (Wildman–Crippen LogP) is 11.5. The van der Waals surface area contributed by atoms with Gasteiger partial charge in [0.2, 0.25) is 0 Å². The fourth-order valence-electron chi connectivity index (χ4n) is 7.45. The van der Waals surface area contributed by atoms with Crippen LogP contribution < -0.4 is 0 Å². The SMILES string of the molecule is c1cc(-c2nc(-c3cccc4ccccc34)c3ccccc3n2)cc(-n2c3ccc4ccccc4c3c3c4ccccc4ccc32)c1. The molecule has 0 aliphatic carbocycles. The molecule has 0 N–H and O–H groups in total. The Balaban J connectivity index is 1.24. The van der Waals surface area contributed by atoms with Gasteiger partial charge in [0.15, 0.2) is 5.82 Å². The summed E-state index contributed by atoms with van der Waals surface area (Å²) >= 11 is 0. The second-order valence-electron chi connectivity index (χ2n) is 12.2. The molecule has 3 nitrogen and oxygen atoms in total. The van der Waals surface area contributed by atoms with Crippen LogP contribution in [0.25, 0.3) is 93.4 Å². The topological polar surface area (TPSA) is 30.7 Å². The van der Waals surface area contributed by atoms with E-state index in [2.05, 4.69) is 168 Å². The fraction of sp³-hybridized carbons (Fsp3) is 0. The molecule has 47 heavy (non-hydrogen) atoms. The van der Waals surface area contributed by atoms with Crippen LogP contribution in [-0.4, -0.2) is 14.5 Å². The summed E-state index contributed by atoms with van der Waals surface area (Å²) in [6.45, 7) is 0. The predicted molar refractivity (Wildman–Crippen MR) is 197 cm³/mol. The molecule has 218 valence electrons. The van der Waals surface area contributed by atoms with E-state index in [-0.39, 0.29) is 0 Å². The summed E-state index contributed by atoms with van der Waals surface area (Å²) in [5.41, 5.74) is 7.41. The molecule has 0 aliphatic heterocycles. The number of hydrogen-bond donors (Lipinski definition) is 0. The maximum atomic E-state index is 5.30. The van der Waals surface area contributed by atoms with Crippen molar-refractivity contribution in [3.63, 3.8) is 0 Å².